The van der Waals surface area contributed by atoms with Crippen LogP contribution in [-0.2, 0) is 0 Å². The van der Waals surface area contributed by atoms with Gasteiger partial charge in [0.1, 0.15) is 5.82 Å². The van der Waals surface area contributed by atoms with Gasteiger partial charge in [-0.05, 0) is 54.4 Å². The van der Waals surface area contributed by atoms with E-state index >= 15 is 0 Å². The predicted octanol–water partition coefficient (Wildman–Crippen LogP) is 4.60. The van der Waals surface area contributed by atoms with Crippen molar-refractivity contribution in [2.24, 2.45) is 0 Å². The van der Waals surface area contributed by atoms with E-state index in [1.165, 1.54) is 17.2 Å². The molecule has 100 valence electrons. The number of hydrogen-bond acceptors (Lipinski definition) is 1. The zero-order valence-corrected chi connectivity index (χ0v) is 12.7. The second-order valence-corrected chi connectivity index (χ2v) is 5.46. The highest BCUT2D eigenvalue weighted by molar-refractivity contribution is 9.10. The molecule has 1 N–H and O–H groups in total. The van der Waals surface area contributed by atoms with E-state index in [0.717, 1.165) is 16.6 Å². The number of nitrogens with one attached hydrogen (secondary N) is 1. The van der Waals surface area contributed by atoms with E-state index in [2.05, 4.69) is 47.2 Å². The molecule has 0 saturated carbocycles. The van der Waals surface area contributed by atoms with Gasteiger partial charge in [0.15, 0.2) is 0 Å². The van der Waals surface area contributed by atoms with Crippen LogP contribution in [0.1, 0.15) is 29.7 Å². The Morgan fingerprint density at radius 1 is 1.21 bits per heavy atom. The summed E-state index contributed by atoms with van der Waals surface area (Å²) in [7, 11) is 0. The first-order chi connectivity index (χ1) is 9.11. The van der Waals surface area contributed by atoms with Crippen molar-refractivity contribution in [2.75, 3.05) is 6.54 Å². The Morgan fingerprint density at radius 2 is 2.00 bits per heavy atom. The van der Waals surface area contributed by atoms with E-state index in [9.17, 15) is 4.39 Å². The van der Waals surface area contributed by atoms with Crippen LogP contribution in [0.25, 0.3) is 0 Å². The summed E-state index contributed by atoms with van der Waals surface area (Å²) in [6.45, 7) is 4.96. The Balaban J connectivity index is 2.48. The molecule has 0 radical (unpaired) electrons. The quantitative estimate of drug-likeness (QED) is 0.868. The normalized spacial score (nSPS) is 12.4. The average Bonchev–Trinajstić information content (AvgIpc) is 2.39. The van der Waals surface area contributed by atoms with Crippen LogP contribution in [-0.4, -0.2) is 6.54 Å². The summed E-state index contributed by atoms with van der Waals surface area (Å²) in [6, 6.07) is 13.0. The first-order valence-corrected chi connectivity index (χ1v) is 7.16. The lowest BCUT2D eigenvalue weighted by Gasteiger charge is -2.21. The van der Waals surface area contributed by atoms with Crippen molar-refractivity contribution >= 4 is 15.9 Å². The minimum Gasteiger partial charge on any atom is -0.307 e. The van der Waals surface area contributed by atoms with Crippen molar-refractivity contribution in [3.8, 4) is 0 Å². The minimum atomic E-state index is -0.201. The van der Waals surface area contributed by atoms with Gasteiger partial charge in [0, 0.05) is 4.47 Å². The molecule has 2 aromatic carbocycles. The molecule has 0 bridgehead atoms. The van der Waals surface area contributed by atoms with Gasteiger partial charge in [0.25, 0.3) is 0 Å². The standard InChI is InChI=1S/C16H17BrFN/c1-3-19-16(12-5-4-6-14(18)9-12)15-10-13(17)8-7-11(15)2/h4-10,16,19H,3H2,1-2H3. The van der Waals surface area contributed by atoms with Crippen molar-refractivity contribution in [3.05, 3.63) is 69.4 Å². The predicted molar refractivity (Wildman–Crippen MR) is 80.8 cm³/mol. The fraction of sp³-hybridized carbons (Fsp3) is 0.250. The molecule has 2 aromatic rings. The number of rotatable bonds is 4. The second kappa shape index (κ2) is 6.31. The molecule has 0 spiro atoms. The maximum atomic E-state index is 13.4. The molecule has 0 aromatic heterocycles. The Kier molecular flexibility index (Phi) is 4.72. The number of hydrogen-bond donors (Lipinski definition) is 1. The van der Waals surface area contributed by atoms with Crippen LogP contribution < -0.4 is 5.32 Å². The van der Waals surface area contributed by atoms with Gasteiger partial charge in [-0.2, -0.15) is 0 Å². The van der Waals surface area contributed by atoms with Gasteiger partial charge in [0.05, 0.1) is 6.04 Å². The van der Waals surface area contributed by atoms with Crippen molar-refractivity contribution < 1.29 is 4.39 Å². The van der Waals surface area contributed by atoms with E-state index in [1.807, 2.05) is 12.1 Å². The van der Waals surface area contributed by atoms with Gasteiger partial charge in [-0.1, -0.05) is 41.1 Å². The van der Waals surface area contributed by atoms with Crippen LogP contribution in [0.4, 0.5) is 4.39 Å². The summed E-state index contributed by atoms with van der Waals surface area (Å²) in [4.78, 5) is 0. The monoisotopic (exact) mass is 321 g/mol. The molecule has 0 aliphatic rings. The number of aryl methyl sites for hydroxylation is 1. The van der Waals surface area contributed by atoms with E-state index in [0.29, 0.717) is 0 Å². The zero-order chi connectivity index (χ0) is 13.8. The summed E-state index contributed by atoms with van der Waals surface area (Å²) >= 11 is 3.50. The highest BCUT2D eigenvalue weighted by Gasteiger charge is 2.15. The molecule has 1 nitrogen and oxygen atoms in total. The molecule has 3 heteroatoms. The largest absolute Gasteiger partial charge is 0.307 e. The van der Waals surface area contributed by atoms with E-state index < -0.39 is 0 Å². The van der Waals surface area contributed by atoms with Crippen LogP contribution in [0.15, 0.2) is 46.9 Å². The molecule has 1 unspecified atom stereocenters. The molecular formula is C16H17BrFN. The molecule has 0 amide bonds. The van der Waals surface area contributed by atoms with Gasteiger partial charge < -0.3 is 5.32 Å². The summed E-state index contributed by atoms with van der Waals surface area (Å²) in [5.41, 5.74) is 3.31. The van der Waals surface area contributed by atoms with Gasteiger partial charge in [-0.15, -0.1) is 0 Å². The SMILES string of the molecule is CCNC(c1cccc(F)c1)c1cc(Br)ccc1C. The third-order valence-corrected chi connectivity index (χ3v) is 3.64. The van der Waals surface area contributed by atoms with E-state index in [1.54, 1.807) is 12.1 Å². The topological polar surface area (TPSA) is 12.0 Å². The van der Waals surface area contributed by atoms with Gasteiger partial charge in [-0.3, -0.25) is 0 Å². The highest BCUT2D eigenvalue weighted by Crippen LogP contribution is 2.27. The summed E-state index contributed by atoms with van der Waals surface area (Å²) in [5.74, 6) is -0.201. The molecule has 0 heterocycles. The van der Waals surface area contributed by atoms with Crippen molar-refractivity contribution in [3.63, 3.8) is 0 Å². The van der Waals surface area contributed by atoms with Gasteiger partial charge >= 0.3 is 0 Å². The summed E-state index contributed by atoms with van der Waals surface area (Å²) < 4.78 is 14.5. The molecule has 0 saturated heterocycles. The Hall–Kier alpha value is -1.19. The fourth-order valence-corrected chi connectivity index (χ4v) is 2.60. The third kappa shape index (κ3) is 3.43. The van der Waals surface area contributed by atoms with Crippen LogP contribution in [0, 0.1) is 12.7 Å². The molecular weight excluding hydrogens is 305 g/mol. The minimum absolute atomic E-state index is 0.0122. The highest BCUT2D eigenvalue weighted by atomic mass is 79.9. The van der Waals surface area contributed by atoms with Gasteiger partial charge in [0.2, 0.25) is 0 Å². The smallest absolute Gasteiger partial charge is 0.123 e. The van der Waals surface area contributed by atoms with Gasteiger partial charge in [-0.25, -0.2) is 4.39 Å². The zero-order valence-electron chi connectivity index (χ0n) is 11.1. The Labute approximate surface area is 122 Å². The second-order valence-electron chi connectivity index (χ2n) is 4.55. The molecule has 19 heavy (non-hydrogen) atoms. The van der Waals surface area contributed by atoms with Crippen molar-refractivity contribution in [2.45, 2.75) is 19.9 Å². The molecule has 0 fully saturated rings. The number of halogens is 2. The summed E-state index contributed by atoms with van der Waals surface area (Å²) in [5, 5.41) is 3.42. The Bertz CT molecular complexity index is 568. The molecule has 1 atom stereocenters. The first-order valence-electron chi connectivity index (χ1n) is 6.36. The van der Waals surface area contributed by atoms with Crippen LogP contribution in [0.3, 0.4) is 0 Å². The van der Waals surface area contributed by atoms with E-state index in [-0.39, 0.29) is 11.9 Å². The van der Waals surface area contributed by atoms with Crippen molar-refractivity contribution in [1.29, 1.82) is 0 Å². The maximum Gasteiger partial charge on any atom is 0.123 e. The Morgan fingerprint density at radius 3 is 2.68 bits per heavy atom. The molecule has 0 aliphatic carbocycles. The lowest BCUT2D eigenvalue weighted by atomic mass is 9.95. The first kappa shape index (κ1) is 14.2. The lowest BCUT2D eigenvalue weighted by Crippen LogP contribution is -2.22. The van der Waals surface area contributed by atoms with Crippen LogP contribution in [0.2, 0.25) is 0 Å². The maximum absolute atomic E-state index is 13.4. The van der Waals surface area contributed by atoms with Crippen LogP contribution >= 0.6 is 15.9 Å². The number of benzene rings is 2. The summed E-state index contributed by atoms with van der Waals surface area (Å²) in [6.07, 6.45) is 0. The van der Waals surface area contributed by atoms with Crippen LogP contribution in [0.5, 0.6) is 0 Å². The lowest BCUT2D eigenvalue weighted by molar-refractivity contribution is 0.601. The fourth-order valence-electron chi connectivity index (χ4n) is 2.22. The third-order valence-electron chi connectivity index (χ3n) is 3.14. The van der Waals surface area contributed by atoms with E-state index in [4.69, 9.17) is 0 Å². The van der Waals surface area contributed by atoms with Crippen molar-refractivity contribution in [1.82, 2.24) is 5.32 Å². The molecule has 2 rings (SSSR count). The molecule has 0 aliphatic heterocycles. The average molecular weight is 322 g/mol.